The van der Waals surface area contributed by atoms with Crippen LogP contribution in [0, 0.1) is 0 Å². The van der Waals surface area contributed by atoms with Crippen LogP contribution in [-0.2, 0) is 10.0 Å². The van der Waals surface area contributed by atoms with Crippen molar-refractivity contribution in [1.29, 1.82) is 0 Å². The summed E-state index contributed by atoms with van der Waals surface area (Å²) in [4.78, 5) is 16.2. The summed E-state index contributed by atoms with van der Waals surface area (Å²) >= 11 is 17.6. The molecule has 1 amide bonds. The van der Waals surface area contributed by atoms with Crippen LogP contribution in [0.15, 0.2) is 35.4 Å². The number of nitrogens with one attached hydrogen (secondary N) is 2. The molecular formula is C15H14Cl3N3O3S. The van der Waals surface area contributed by atoms with Gasteiger partial charge in [-0.2, -0.15) is 0 Å². The summed E-state index contributed by atoms with van der Waals surface area (Å²) in [7, 11) is -3.60. The van der Waals surface area contributed by atoms with Crippen molar-refractivity contribution in [2.45, 2.75) is 24.8 Å². The van der Waals surface area contributed by atoms with Gasteiger partial charge < -0.3 is 5.32 Å². The lowest BCUT2D eigenvalue weighted by Crippen LogP contribution is -2.30. The molecule has 25 heavy (non-hydrogen) atoms. The first-order valence-electron chi connectivity index (χ1n) is 7.05. The molecule has 0 aliphatic carbocycles. The Morgan fingerprint density at radius 1 is 1.08 bits per heavy atom. The van der Waals surface area contributed by atoms with Crippen LogP contribution in [0.1, 0.15) is 24.3 Å². The Bertz CT molecular complexity index is 900. The average Bonchev–Trinajstić information content (AvgIpc) is 2.52. The molecule has 2 aromatic rings. The number of anilines is 1. The lowest BCUT2D eigenvalue weighted by molar-refractivity contribution is 0.102. The number of carbonyl (C=O) groups excluding carboxylic acids is 1. The second-order valence-corrected chi connectivity index (χ2v) is 8.21. The van der Waals surface area contributed by atoms with E-state index < -0.39 is 15.9 Å². The molecule has 2 rings (SSSR count). The smallest absolute Gasteiger partial charge is 0.275 e. The summed E-state index contributed by atoms with van der Waals surface area (Å²) in [5.41, 5.74) is 0.284. The molecule has 2 N–H and O–H groups in total. The Hall–Kier alpha value is -1.38. The topological polar surface area (TPSA) is 88.2 Å². The Morgan fingerprint density at radius 2 is 1.68 bits per heavy atom. The number of hydrogen-bond donors (Lipinski definition) is 2. The van der Waals surface area contributed by atoms with Gasteiger partial charge in [-0.25, -0.2) is 18.1 Å². The molecule has 0 aliphatic rings. The number of rotatable bonds is 5. The maximum absolute atomic E-state index is 12.2. The predicted octanol–water partition coefficient (Wildman–Crippen LogP) is 3.98. The zero-order valence-corrected chi connectivity index (χ0v) is 16.3. The van der Waals surface area contributed by atoms with Crippen molar-refractivity contribution in [3.8, 4) is 0 Å². The first kappa shape index (κ1) is 19.9. The van der Waals surface area contributed by atoms with E-state index in [9.17, 15) is 13.2 Å². The van der Waals surface area contributed by atoms with Gasteiger partial charge in [0.15, 0.2) is 0 Å². The van der Waals surface area contributed by atoms with Crippen LogP contribution in [0.2, 0.25) is 15.1 Å². The second kappa shape index (κ2) is 7.88. The van der Waals surface area contributed by atoms with Crippen LogP contribution < -0.4 is 10.0 Å². The van der Waals surface area contributed by atoms with E-state index in [1.54, 1.807) is 13.8 Å². The fraction of sp³-hybridized carbons (Fsp3) is 0.200. The Morgan fingerprint density at radius 3 is 2.24 bits per heavy atom. The van der Waals surface area contributed by atoms with Crippen LogP contribution in [0.4, 0.5) is 5.69 Å². The number of amides is 1. The van der Waals surface area contributed by atoms with Crippen LogP contribution in [0.3, 0.4) is 0 Å². The third kappa shape index (κ3) is 4.83. The summed E-state index contributed by atoms with van der Waals surface area (Å²) in [6, 6.07) is 5.44. The zero-order chi connectivity index (χ0) is 18.8. The van der Waals surface area contributed by atoms with Crippen molar-refractivity contribution >= 4 is 56.4 Å². The predicted molar refractivity (Wildman–Crippen MR) is 99.1 cm³/mol. The van der Waals surface area contributed by atoms with Gasteiger partial charge in [0, 0.05) is 17.9 Å². The highest BCUT2D eigenvalue weighted by atomic mass is 35.5. The highest BCUT2D eigenvalue weighted by Crippen LogP contribution is 2.31. The molecule has 0 saturated carbocycles. The molecule has 0 fully saturated rings. The third-order valence-corrected chi connectivity index (χ3v) is 5.86. The lowest BCUT2D eigenvalue weighted by atomic mass is 10.3. The SMILES string of the molecule is CC(C)NS(=O)(=O)c1ccc(NC(=O)c2ncc(Cl)c(Cl)c2Cl)cc1. The summed E-state index contributed by atoms with van der Waals surface area (Å²) in [5, 5.41) is 2.67. The lowest BCUT2D eigenvalue weighted by Gasteiger charge is -2.11. The molecule has 0 spiro atoms. The number of nitrogens with zero attached hydrogens (tertiary/aromatic N) is 1. The number of sulfonamides is 1. The standard InChI is InChI=1S/C15H14Cl3N3O3S/c1-8(2)21-25(23,24)10-5-3-9(4-6-10)20-15(22)14-13(18)12(17)11(16)7-19-14/h3-8,21H,1-2H3,(H,20,22). The minimum Gasteiger partial charge on any atom is -0.321 e. The third-order valence-electron chi connectivity index (χ3n) is 2.95. The van der Waals surface area contributed by atoms with E-state index >= 15 is 0 Å². The molecule has 0 unspecified atom stereocenters. The summed E-state index contributed by atoms with van der Waals surface area (Å²) in [5.74, 6) is -0.598. The highest BCUT2D eigenvalue weighted by Gasteiger charge is 2.18. The van der Waals surface area contributed by atoms with Crippen LogP contribution in [0.25, 0.3) is 0 Å². The van der Waals surface area contributed by atoms with Crippen LogP contribution >= 0.6 is 34.8 Å². The van der Waals surface area contributed by atoms with Crippen molar-refractivity contribution in [1.82, 2.24) is 9.71 Å². The van der Waals surface area contributed by atoms with Gasteiger partial charge in [0.25, 0.3) is 5.91 Å². The number of halogens is 3. The number of pyridine rings is 1. The first-order chi connectivity index (χ1) is 11.6. The minimum atomic E-state index is -3.60. The van der Waals surface area contributed by atoms with Crippen molar-refractivity contribution < 1.29 is 13.2 Å². The van der Waals surface area contributed by atoms with Gasteiger partial charge in [0.2, 0.25) is 10.0 Å². The molecule has 0 bridgehead atoms. The van der Waals surface area contributed by atoms with E-state index in [-0.39, 0.29) is 31.7 Å². The zero-order valence-electron chi connectivity index (χ0n) is 13.2. The molecule has 6 nitrogen and oxygen atoms in total. The van der Waals surface area contributed by atoms with Gasteiger partial charge in [-0.15, -0.1) is 0 Å². The fourth-order valence-corrected chi connectivity index (χ4v) is 3.71. The van der Waals surface area contributed by atoms with E-state index in [0.29, 0.717) is 5.69 Å². The van der Waals surface area contributed by atoms with Gasteiger partial charge in [0.1, 0.15) is 5.69 Å². The van der Waals surface area contributed by atoms with Crippen molar-refractivity contribution in [2.75, 3.05) is 5.32 Å². The number of benzene rings is 1. The maximum Gasteiger partial charge on any atom is 0.275 e. The normalized spacial score (nSPS) is 11.6. The van der Waals surface area contributed by atoms with Crippen molar-refractivity contribution in [3.05, 3.63) is 51.2 Å². The van der Waals surface area contributed by atoms with Crippen molar-refractivity contribution in [2.24, 2.45) is 0 Å². The molecule has 1 heterocycles. The van der Waals surface area contributed by atoms with Gasteiger partial charge in [-0.05, 0) is 38.1 Å². The van der Waals surface area contributed by atoms with Gasteiger partial charge in [-0.3, -0.25) is 4.79 Å². The minimum absolute atomic E-state index is 0.0321. The molecule has 1 aromatic heterocycles. The average molecular weight is 423 g/mol. The Labute approximate surface area is 160 Å². The largest absolute Gasteiger partial charge is 0.321 e. The molecule has 134 valence electrons. The Kier molecular flexibility index (Phi) is 6.29. The summed E-state index contributed by atoms with van der Waals surface area (Å²) in [6.07, 6.45) is 1.22. The first-order valence-corrected chi connectivity index (χ1v) is 9.66. The highest BCUT2D eigenvalue weighted by molar-refractivity contribution is 7.89. The molecule has 0 aliphatic heterocycles. The van der Waals surface area contributed by atoms with Gasteiger partial charge in [-0.1, -0.05) is 34.8 Å². The fourth-order valence-electron chi connectivity index (χ4n) is 1.89. The van der Waals surface area contributed by atoms with Crippen LogP contribution in [-0.4, -0.2) is 25.4 Å². The summed E-state index contributed by atoms with van der Waals surface area (Å²) in [6.45, 7) is 3.44. The van der Waals surface area contributed by atoms with E-state index in [1.165, 1.54) is 30.5 Å². The van der Waals surface area contributed by atoms with E-state index in [0.717, 1.165) is 0 Å². The Balaban J connectivity index is 2.19. The second-order valence-electron chi connectivity index (χ2n) is 5.34. The van der Waals surface area contributed by atoms with Gasteiger partial charge >= 0.3 is 0 Å². The van der Waals surface area contributed by atoms with E-state index in [4.69, 9.17) is 34.8 Å². The maximum atomic E-state index is 12.2. The molecule has 0 atom stereocenters. The van der Waals surface area contributed by atoms with Crippen molar-refractivity contribution in [3.63, 3.8) is 0 Å². The molecule has 1 aromatic carbocycles. The van der Waals surface area contributed by atoms with E-state index in [2.05, 4.69) is 15.0 Å². The van der Waals surface area contributed by atoms with E-state index in [1.807, 2.05) is 0 Å². The van der Waals surface area contributed by atoms with Crippen LogP contribution in [0.5, 0.6) is 0 Å². The number of carbonyl (C=O) groups is 1. The number of aromatic nitrogens is 1. The monoisotopic (exact) mass is 421 g/mol. The molecule has 0 saturated heterocycles. The number of hydrogen-bond acceptors (Lipinski definition) is 4. The quantitative estimate of drug-likeness (QED) is 0.763. The molecule has 0 radical (unpaired) electrons. The summed E-state index contributed by atoms with van der Waals surface area (Å²) < 4.78 is 26.6. The molecular weight excluding hydrogens is 409 g/mol. The molecule has 10 heteroatoms. The van der Waals surface area contributed by atoms with Gasteiger partial charge in [0.05, 0.1) is 20.0 Å².